The molecule has 182 valence electrons. The maximum Gasteiger partial charge on any atom is 0.185 e. The Kier molecular flexibility index (Phi) is 5.93. The number of nitrogen functional groups attached to an aromatic ring is 1. The maximum absolute atomic E-state index is 13.5. The molecule has 0 saturated carbocycles. The van der Waals surface area contributed by atoms with E-state index in [2.05, 4.69) is 48.8 Å². The fraction of sp³-hybridized carbons (Fsp3) is 0.522. The molecular formula is C23H30FN5O4Si. The number of fused-ring (bicyclic) bond motifs is 2. The molecule has 34 heavy (non-hydrogen) atoms. The van der Waals surface area contributed by atoms with Gasteiger partial charge in [0.05, 0.1) is 12.4 Å². The van der Waals surface area contributed by atoms with E-state index in [1.165, 1.54) is 18.5 Å². The van der Waals surface area contributed by atoms with Gasteiger partial charge in [0.2, 0.25) is 0 Å². The number of imidazole rings is 1. The zero-order valence-electron chi connectivity index (χ0n) is 19.9. The maximum atomic E-state index is 13.5. The summed E-state index contributed by atoms with van der Waals surface area (Å²) in [7, 11) is -1.41. The van der Waals surface area contributed by atoms with Gasteiger partial charge in [0.15, 0.2) is 33.0 Å². The molecule has 6 unspecified atom stereocenters. The highest BCUT2D eigenvalue weighted by Crippen LogP contribution is 2.48. The number of rotatable bonds is 5. The van der Waals surface area contributed by atoms with Crippen molar-refractivity contribution in [2.45, 2.75) is 70.8 Å². The van der Waals surface area contributed by atoms with Gasteiger partial charge >= 0.3 is 0 Å². The Labute approximate surface area is 199 Å². The van der Waals surface area contributed by atoms with E-state index in [9.17, 15) is 4.39 Å². The first-order chi connectivity index (χ1) is 16.1. The van der Waals surface area contributed by atoms with Crippen LogP contribution in [0.4, 0.5) is 10.2 Å². The second-order valence-corrected chi connectivity index (χ2v) is 12.5. The fourth-order valence-electron chi connectivity index (χ4n) is 4.65. The Morgan fingerprint density at radius 2 is 1.76 bits per heavy atom. The van der Waals surface area contributed by atoms with Gasteiger partial charge in [0.25, 0.3) is 0 Å². The van der Waals surface area contributed by atoms with Gasteiger partial charge in [-0.15, -0.1) is 0 Å². The second kappa shape index (κ2) is 8.65. The van der Waals surface area contributed by atoms with Crippen molar-refractivity contribution < 1.29 is 23.0 Å². The largest absolute Gasteiger partial charge is 0.414 e. The summed E-state index contributed by atoms with van der Waals surface area (Å²) in [6.45, 7) is 10.7. The van der Waals surface area contributed by atoms with Gasteiger partial charge in [-0.2, -0.15) is 0 Å². The van der Waals surface area contributed by atoms with Crippen LogP contribution in [-0.2, 0) is 18.6 Å². The van der Waals surface area contributed by atoms with Crippen LogP contribution in [0.5, 0.6) is 0 Å². The van der Waals surface area contributed by atoms with Crippen LogP contribution >= 0.6 is 0 Å². The summed E-state index contributed by atoms with van der Waals surface area (Å²) in [4.78, 5) is 12.8. The molecule has 2 fully saturated rings. The molecular weight excluding hydrogens is 457 g/mol. The minimum absolute atomic E-state index is 0.206. The number of benzene rings is 1. The lowest BCUT2D eigenvalue weighted by Gasteiger charge is -2.38. The van der Waals surface area contributed by atoms with Crippen molar-refractivity contribution in [3.05, 3.63) is 48.3 Å². The number of hydrogen-bond acceptors (Lipinski definition) is 8. The normalized spacial score (nSPS) is 28.0. The first-order valence-electron chi connectivity index (χ1n) is 11.4. The molecule has 0 bridgehead atoms. The summed E-state index contributed by atoms with van der Waals surface area (Å²) < 4.78 is 41.2. The van der Waals surface area contributed by atoms with Crippen molar-refractivity contribution in [2.24, 2.45) is 5.41 Å². The zero-order chi connectivity index (χ0) is 24.2. The number of anilines is 1. The molecule has 0 aliphatic carbocycles. The van der Waals surface area contributed by atoms with Gasteiger partial charge in [-0.3, -0.25) is 4.57 Å². The summed E-state index contributed by atoms with van der Waals surface area (Å²) >= 11 is 0. The van der Waals surface area contributed by atoms with Crippen LogP contribution in [0.1, 0.15) is 38.9 Å². The Balaban J connectivity index is 1.54. The van der Waals surface area contributed by atoms with Crippen LogP contribution in [0.3, 0.4) is 0 Å². The number of aromatic nitrogens is 4. The first kappa shape index (κ1) is 23.3. The van der Waals surface area contributed by atoms with E-state index in [-0.39, 0.29) is 17.3 Å². The fourth-order valence-corrected chi connectivity index (χ4v) is 5.80. The monoisotopic (exact) mass is 487 g/mol. The third-order valence-electron chi connectivity index (χ3n) is 6.16. The minimum atomic E-state index is -1.41. The molecule has 3 aromatic rings. The molecule has 2 aliphatic rings. The van der Waals surface area contributed by atoms with Crippen molar-refractivity contribution in [2.75, 3.05) is 5.73 Å². The summed E-state index contributed by atoms with van der Waals surface area (Å²) in [5.41, 5.74) is 7.59. The second-order valence-electron chi connectivity index (χ2n) is 10.1. The third-order valence-corrected chi connectivity index (χ3v) is 7.00. The number of nitrogens with zero attached hydrogens (tertiary/aromatic N) is 4. The topological polar surface area (TPSA) is 107 Å². The summed E-state index contributed by atoms with van der Waals surface area (Å²) in [5.74, 6) is -0.0180. The average molecular weight is 488 g/mol. The quantitative estimate of drug-likeness (QED) is 0.546. The molecule has 0 radical (unpaired) electrons. The molecule has 1 aromatic carbocycles. The minimum Gasteiger partial charge on any atom is -0.414 e. The van der Waals surface area contributed by atoms with Crippen LogP contribution in [-0.4, -0.2) is 53.0 Å². The van der Waals surface area contributed by atoms with Crippen LogP contribution in [0.2, 0.25) is 13.1 Å². The van der Waals surface area contributed by atoms with Crippen molar-refractivity contribution in [1.29, 1.82) is 0 Å². The molecule has 0 amide bonds. The lowest BCUT2D eigenvalue weighted by atomic mass is 9.84. The molecule has 6 atom stereocenters. The SMILES string of the molecule is C[SiH](C)OC(C1OC(n2cnc3c(N)ncnc32)C2OC(c3ccc(F)cc3)OC21)C(C)(C)C. The molecule has 9 nitrogen and oxygen atoms in total. The van der Waals surface area contributed by atoms with Gasteiger partial charge in [-0.25, -0.2) is 19.3 Å². The van der Waals surface area contributed by atoms with E-state index in [0.29, 0.717) is 17.0 Å². The lowest BCUT2D eigenvalue weighted by molar-refractivity contribution is -0.173. The van der Waals surface area contributed by atoms with Crippen molar-refractivity contribution >= 4 is 26.0 Å². The highest BCUT2D eigenvalue weighted by Gasteiger charge is 2.58. The van der Waals surface area contributed by atoms with Crippen molar-refractivity contribution in [3.8, 4) is 0 Å². The summed E-state index contributed by atoms with van der Waals surface area (Å²) in [6, 6.07) is 6.14. The Hall–Kier alpha value is -2.44. The number of halogens is 1. The van der Waals surface area contributed by atoms with Gasteiger partial charge in [0.1, 0.15) is 36.0 Å². The van der Waals surface area contributed by atoms with E-state index in [4.69, 9.17) is 24.4 Å². The van der Waals surface area contributed by atoms with Gasteiger partial charge < -0.3 is 24.4 Å². The number of hydrogen-bond donors (Lipinski definition) is 1. The van der Waals surface area contributed by atoms with Gasteiger partial charge in [0, 0.05) is 5.56 Å². The highest BCUT2D eigenvalue weighted by atomic mass is 28.3. The zero-order valence-corrected chi connectivity index (χ0v) is 21.0. The molecule has 0 spiro atoms. The van der Waals surface area contributed by atoms with E-state index in [1.54, 1.807) is 18.5 Å². The Morgan fingerprint density at radius 1 is 1.06 bits per heavy atom. The van der Waals surface area contributed by atoms with Crippen molar-refractivity contribution in [3.63, 3.8) is 0 Å². The van der Waals surface area contributed by atoms with E-state index < -0.39 is 39.9 Å². The molecule has 5 rings (SSSR count). The molecule has 2 N–H and O–H groups in total. The standard InChI is InChI=1S/C23H30FN5O4Si/c1-23(2,3)18(33-34(4)5)16-15-17(32-22(31-15)12-6-8-13(24)9-7-12)21(30-16)29-11-28-14-19(25)26-10-27-20(14)29/h6-11,15-18,21-22,34H,1-5H3,(H2,25,26,27). The van der Waals surface area contributed by atoms with Gasteiger partial charge in [-0.1, -0.05) is 32.9 Å². The molecule has 2 aliphatic heterocycles. The molecule has 2 aromatic heterocycles. The van der Waals surface area contributed by atoms with Crippen LogP contribution in [0, 0.1) is 11.2 Å². The molecule has 4 heterocycles. The number of nitrogens with two attached hydrogens (primary N) is 1. The smallest absolute Gasteiger partial charge is 0.185 e. The predicted octanol–water partition coefficient (Wildman–Crippen LogP) is 3.34. The average Bonchev–Trinajstić information content (AvgIpc) is 3.46. The van der Waals surface area contributed by atoms with Crippen molar-refractivity contribution in [1.82, 2.24) is 19.5 Å². The highest BCUT2D eigenvalue weighted by molar-refractivity contribution is 6.48. The lowest BCUT2D eigenvalue weighted by Crippen LogP contribution is -2.48. The molecule has 11 heteroatoms. The van der Waals surface area contributed by atoms with Crippen LogP contribution in [0.15, 0.2) is 36.9 Å². The van der Waals surface area contributed by atoms with Gasteiger partial charge in [-0.05, 0) is 30.6 Å². The van der Waals surface area contributed by atoms with Crippen LogP contribution in [0.25, 0.3) is 11.2 Å². The first-order valence-corrected chi connectivity index (χ1v) is 14.2. The predicted molar refractivity (Wildman–Crippen MR) is 126 cm³/mol. The Morgan fingerprint density at radius 3 is 2.44 bits per heavy atom. The van der Waals surface area contributed by atoms with Crippen LogP contribution < -0.4 is 5.73 Å². The third kappa shape index (κ3) is 4.11. The summed E-state index contributed by atoms with van der Waals surface area (Å²) in [5, 5.41) is 0. The molecule has 2 saturated heterocycles. The van der Waals surface area contributed by atoms with E-state index in [1.807, 2.05) is 4.57 Å². The number of ether oxygens (including phenoxy) is 3. The van der Waals surface area contributed by atoms with E-state index in [0.717, 1.165) is 5.56 Å². The Bertz CT molecular complexity index is 1170. The van der Waals surface area contributed by atoms with E-state index >= 15 is 0 Å². The summed E-state index contributed by atoms with van der Waals surface area (Å²) in [6.07, 6.45) is 0.327.